The molecule has 0 saturated carbocycles. The Balaban J connectivity index is 2.44. The third kappa shape index (κ3) is 22.9. The molecule has 0 radical (unpaired) electrons. The molecule has 8 atom stereocenters. The molecule has 73 heavy (non-hydrogen) atoms. The molecule has 0 fully saturated rings. The van der Waals surface area contributed by atoms with Gasteiger partial charge in [-0.3, -0.25) is 64.4 Å². The zero-order valence-corrected chi connectivity index (χ0v) is 40.1. The number of phenolic OH excluding ortho intramolecular Hbond substituents is 1. The summed E-state index contributed by atoms with van der Waals surface area (Å²) in [4.78, 5) is 145. The number of quaternary nitrogens is 1. The van der Waals surface area contributed by atoms with Gasteiger partial charge in [-0.25, -0.2) is 4.79 Å². The van der Waals surface area contributed by atoms with Crippen molar-refractivity contribution >= 4 is 71.1 Å². The first-order chi connectivity index (χ1) is 34.3. The minimum Gasteiger partial charge on any atom is -0.508 e. The summed E-state index contributed by atoms with van der Waals surface area (Å²) in [6, 6.07) is 0.590. The van der Waals surface area contributed by atoms with E-state index in [0.717, 1.165) is 0 Å². The highest BCUT2D eigenvalue weighted by Crippen LogP contribution is 2.14. The molecule has 0 aliphatic rings. The van der Waals surface area contributed by atoms with Crippen molar-refractivity contribution in [2.75, 3.05) is 13.2 Å². The number of aliphatic carboxylic acids is 3. The van der Waals surface area contributed by atoms with Gasteiger partial charge in [0.1, 0.15) is 54.5 Å². The minimum absolute atomic E-state index is 0.0393. The predicted octanol–water partition coefficient (Wildman–Crippen LogP) is -7.74. The molecule has 0 aromatic heterocycles. The maximum Gasteiger partial charge on any atom is 0.338 e. The lowest BCUT2D eigenvalue weighted by molar-refractivity contribution is -0.459. The molecular weight excluding hydrogens is 965 g/mol. The van der Waals surface area contributed by atoms with Gasteiger partial charge in [0.25, 0.3) is 5.91 Å². The van der Waals surface area contributed by atoms with E-state index in [2.05, 4.69) is 47.9 Å². The fourth-order valence-electron chi connectivity index (χ4n) is 6.85. The Morgan fingerprint density at radius 3 is 1.49 bits per heavy atom. The molecule has 22 N–H and O–H groups in total. The van der Waals surface area contributed by atoms with Crippen LogP contribution in [0.2, 0.25) is 0 Å². The highest BCUT2D eigenvalue weighted by molar-refractivity contribution is 5.99. The van der Waals surface area contributed by atoms with Crippen molar-refractivity contribution in [1.29, 1.82) is 0 Å². The SMILES string of the molecule is CC(C)C[C@H](NC(=O)[C@H](CC(N)=O)NC(=O)[C@H](CCC[NH+]=C(N)N)NC(=O)[C@H](CO)NC(=O)[C@H](Cc1ccccc1)NC(=O)[C@@H]([NH3+])CC(=O)O)C(=O)N[C@@H](Cc1ccc(O)cc1)C(=O)N[C@@H](CC(=O)O)C(=O)O. The van der Waals surface area contributed by atoms with Crippen molar-refractivity contribution in [2.24, 2.45) is 23.1 Å². The number of nitrogens with one attached hydrogen (secondary N) is 8. The number of carbonyl (C=O) groups is 11. The van der Waals surface area contributed by atoms with Crippen LogP contribution in [0.25, 0.3) is 0 Å². The summed E-state index contributed by atoms with van der Waals surface area (Å²) in [5.41, 5.74) is 20.8. The van der Waals surface area contributed by atoms with Gasteiger partial charge in [0.05, 0.1) is 26.0 Å². The first-order valence-electron chi connectivity index (χ1n) is 22.7. The average Bonchev–Trinajstić information content (AvgIpc) is 3.30. The number of aliphatic hydroxyl groups excluding tert-OH is 1. The highest BCUT2D eigenvalue weighted by Gasteiger charge is 2.36. The Kier molecular flexibility index (Phi) is 25.3. The van der Waals surface area contributed by atoms with E-state index < -0.39 is 139 Å². The van der Waals surface area contributed by atoms with Gasteiger partial charge in [0, 0.05) is 12.8 Å². The van der Waals surface area contributed by atoms with Crippen LogP contribution in [0.1, 0.15) is 63.5 Å². The van der Waals surface area contributed by atoms with E-state index in [1.165, 1.54) is 24.3 Å². The van der Waals surface area contributed by atoms with E-state index in [4.69, 9.17) is 22.3 Å². The molecule has 0 bridgehead atoms. The van der Waals surface area contributed by atoms with Crippen LogP contribution in [0.15, 0.2) is 54.6 Å². The van der Waals surface area contributed by atoms with Crippen LogP contribution in [-0.2, 0) is 65.6 Å². The fraction of sp³-hybridized carbons (Fsp3) is 0.467. The summed E-state index contributed by atoms with van der Waals surface area (Å²) in [6.07, 6.45) is -3.36. The number of carboxylic acid groups (broad SMARTS) is 3. The number of phenols is 1. The quantitative estimate of drug-likeness (QED) is 0.0184. The van der Waals surface area contributed by atoms with Gasteiger partial charge in [-0.2, -0.15) is 0 Å². The topological polar surface area (TPSA) is 493 Å². The average molecular weight is 1030 g/mol. The standard InChI is InChI=1S/C45H64N12O16/c1-22(2)15-28(39(67)54-30(17-24-10-12-25(59)13-11-24)40(68)56-32(44(72)73)20-36(63)64)53-42(70)31(19-34(47)60)55-38(66)27(9-6-14-50-45(48)49)51-43(71)33(21-58)57-41(69)29(16-23-7-4-3-5-8-23)52-37(65)26(46)18-35(61)62/h3-5,7-8,10-13,22,26-33,58-59H,6,9,14-21,46H2,1-2H3,(H2,47,60)(H,51,71)(H,52,65)(H,53,70)(H,54,67)(H,55,66)(H,56,68)(H,57,69)(H,61,62)(H,63,64)(H,72,73)(H4,48,49,50)/p+2/t26-,27-,28-,29-,30-,31-,32-,33-/m0/s1. The smallest absolute Gasteiger partial charge is 0.338 e. The number of aromatic hydroxyl groups is 1. The van der Waals surface area contributed by atoms with Crippen molar-refractivity contribution in [1.82, 2.24) is 37.2 Å². The molecule has 8 amide bonds. The van der Waals surface area contributed by atoms with Gasteiger partial charge in [-0.05, 0) is 48.4 Å². The number of guanidine groups is 1. The summed E-state index contributed by atoms with van der Waals surface area (Å²) < 4.78 is 0. The molecule has 2 aromatic rings. The first-order valence-corrected chi connectivity index (χ1v) is 22.7. The van der Waals surface area contributed by atoms with Crippen LogP contribution < -0.4 is 65.1 Å². The largest absolute Gasteiger partial charge is 0.508 e. The molecule has 2 aromatic carbocycles. The van der Waals surface area contributed by atoms with Gasteiger partial charge < -0.3 is 74.2 Å². The number of aliphatic hydroxyl groups is 1. The second kappa shape index (κ2) is 30.4. The lowest BCUT2D eigenvalue weighted by Crippen LogP contribution is -2.78. The predicted molar refractivity (Wildman–Crippen MR) is 253 cm³/mol. The summed E-state index contributed by atoms with van der Waals surface area (Å²) >= 11 is 0. The lowest BCUT2D eigenvalue weighted by atomic mass is 10.00. The second-order valence-corrected chi connectivity index (χ2v) is 17.2. The minimum atomic E-state index is -1.92. The first kappa shape index (κ1) is 60.7. The highest BCUT2D eigenvalue weighted by atomic mass is 16.4. The normalized spacial score (nSPS) is 14.2. The van der Waals surface area contributed by atoms with Crippen LogP contribution >= 0.6 is 0 Å². The number of nitrogens with two attached hydrogens (primary N) is 3. The number of benzene rings is 2. The number of carbonyl (C=O) groups excluding carboxylic acids is 8. The van der Waals surface area contributed by atoms with Crippen molar-refractivity contribution in [3.8, 4) is 5.75 Å². The molecule has 28 nitrogen and oxygen atoms in total. The third-order valence-corrected chi connectivity index (χ3v) is 10.5. The Labute approximate surface area is 417 Å². The Bertz CT molecular complexity index is 2300. The van der Waals surface area contributed by atoms with Gasteiger partial charge in [0.15, 0.2) is 6.04 Å². The molecule has 0 aliphatic heterocycles. The van der Waals surface area contributed by atoms with Crippen LogP contribution in [0.5, 0.6) is 5.75 Å². The summed E-state index contributed by atoms with van der Waals surface area (Å²) in [7, 11) is 0. The molecule has 0 aliphatic carbocycles. The number of rotatable bonds is 32. The summed E-state index contributed by atoms with van der Waals surface area (Å²) in [6.45, 7) is 2.32. The van der Waals surface area contributed by atoms with Crippen molar-refractivity contribution in [3.63, 3.8) is 0 Å². The maximum absolute atomic E-state index is 14.0. The molecule has 400 valence electrons. The molecule has 0 spiro atoms. The molecular formula is C45H66N12O16+2. The van der Waals surface area contributed by atoms with Gasteiger partial charge in [-0.1, -0.05) is 56.3 Å². The van der Waals surface area contributed by atoms with E-state index in [-0.39, 0.29) is 56.3 Å². The molecule has 0 saturated heterocycles. The van der Waals surface area contributed by atoms with Gasteiger partial charge >= 0.3 is 23.9 Å². The summed E-state index contributed by atoms with van der Waals surface area (Å²) in [5, 5.41) is 64.3. The Morgan fingerprint density at radius 1 is 0.548 bits per heavy atom. The Hall–Kier alpha value is -8.40. The maximum atomic E-state index is 14.0. The summed E-state index contributed by atoms with van der Waals surface area (Å²) in [5.74, 6) is -13.8. The third-order valence-electron chi connectivity index (χ3n) is 10.5. The van der Waals surface area contributed by atoms with Crippen molar-refractivity contribution < 1.29 is 89.0 Å². The number of hydrogen-bond donors (Lipinski definition) is 17. The van der Waals surface area contributed by atoms with E-state index in [1.54, 1.807) is 44.2 Å². The van der Waals surface area contributed by atoms with E-state index in [0.29, 0.717) is 11.1 Å². The van der Waals surface area contributed by atoms with Gasteiger partial charge in [0.2, 0.25) is 41.4 Å². The Morgan fingerprint density at radius 2 is 0.986 bits per heavy atom. The number of hydrogen-bond acceptors (Lipinski definition) is 13. The number of carboxylic acids is 3. The van der Waals surface area contributed by atoms with Crippen molar-refractivity contribution in [2.45, 2.75) is 114 Å². The van der Waals surface area contributed by atoms with E-state index in [9.17, 15) is 73.2 Å². The monoisotopic (exact) mass is 1030 g/mol. The van der Waals surface area contributed by atoms with E-state index >= 15 is 0 Å². The number of primary amides is 1. The van der Waals surface area contributed by atoms with Gasteiger partial charge in [-0.15, -0.1) is 0 Å². The molecule has 28 heteroatoms. The number of amides is 8. The van der Waals surface area contributed by atoms with Crippen LogP contribution in [-0.4, -0.2) is 158 Å². The molecule has 2 rings (SSSR count). The van der Waals surface area contributed by atoms with Crippen molar-refractivity contribution in [3.05, 3.63) is 65.7 Å². The van der Waals surface area contributed by atoms with Crippen LogP contribution in [0, 0.1) is 5.92 Å². The van der Waals surface area contributed by atoms with Crippen LogP contribution in [0.3, 0.4) is 0 Å². The zero-order valence-electron chi connectivity index (χ0n) is 40.1. The fourth-order valence-corrected chi connectivity index (χ4v) is 6.85. The second-order valence-electron chi connectivity index (χ2n) is 17.2. The molecule has 0 unspecified atom stereocenters. The zero-order chi connectivity index (χ0) is 54.9. The lowest BCUT2D eigenvalue weighted by Gasteiger charge is -2.28. The molecule has 0 heterocycles. The van der Waals surface area contributed by atoms with Crippen LogP contribution in [0.4, 0.5) is 0 Å². The van der Waals surface area contributed by atoms with E-state index in [1.807, 2.05) is 0 Å².